The van der Waals surface area contributed by atoms with Crippen LogP contribution in [0.5, 0.6) is 0 Å². The molecule has 0 spiro atoms. The molecule has 2 heterocycles. The summed E-state index contributed by atoms with van der Waals surface area (Å²) in [6.07, 6.45) is 5.96. The van der Waals surface area contributed by atoms with Crippen LogP contribution in [0.1, 0.15) is 61.0 Å². The summed E-state index contributed by atoms with van der Waals surface area (Å²) in [5.41, 5.74) is 0.591. The molecule has 0 bridgehead atoms. The van der Waals surface area contributed by atoms with Crippen molar-refractivity contribution in [3.63, 3.8) is 0 Å². The van der Waals surface area contributed by atoms with Gasteiger partial charge in [-0.15, -0.1) is 11.3 Å². The van der Waals surface area contributed by atoms with Crippen LogP contribution in [0.4, 0.5) is 5.69 Å². The average molecular weight is 490 g/mol. The molecule has 0 aliphatic heterocycles. The molecular weight excluding hydrogens is 458 g/mol. The van der Waals surface area contributed by atoms with E-state index in [1.807, 2.05) is 26.8 Å². The normalized spacial score (nSPS) is 19.0. The summed E-state index contributed by atoms with van der Waals surface area (Å²) in [7, 11) is -0.571. The smallest absolute Gasteiger partial charge is 0.350 e. The van der Waals surface area contributed by atoms with Crippen molar-refractivity contribution in [3.8, 4) is 11.8 Å². The zero-order chi connectivity index (χ0) is 24.2. The Labute approximate surface area is 200 Å². The molecule has 0 radical (unpaired) electrons. The molecule has 0 atom stereocenters. The maximum absolute atomic E-state index is 12.9. The second-order valence-corrected chi connectivity index (χ2v) is 12.3. The zero-order valence-corrected chi connectivity index (χ0v) is 21.3. The number of methoxy groups -OCH3 is 1. The lowest BCUT2D eigenvalue weighted by Gasteiger charge is -2.34. The third-order valence-corrected chi connectivity index (χ3v) is 8.47. The summed E-state index contributed by atoms with van der Waals surface area (Å²) in [6, 6.07) is 5.15. The van der Waals surface area contributed by atoms with Crippen molar-refractivity contribution in [2.45, 2.75) is 63.4 Å². The number of ether oxygens (including phenoxy) is 1. The van der Waals surface area contributed by atoms with E-state index in [0.717, 1.165) is 36.2 Å². The highest BCUT2D eigenvalue weighted by atomic mass is 32.2. The van der Waals surface area contributed by atoms with Crippen molar-refractivity contribution in [1.29, 1.82) is 0 Å². The molecule has 0 amide bonds. The molecule has 2 aromatic heterocycles. The van der Waals surface area contributed by atoms with Crippen molar-refractivity contribution >= 4 is 33.0 Å². The van der Waals surface area contributed by atoms with Crippen LogP contribution in [0.15, 0.2) is 35.5 Å². The Bertz CT molecular complexity index is 1130. The fourth-order valence-corrected chi connectivity index (χ4v) is 5.99. The molecular formula is C24H31N3O4S2. The summed E-state index contributed by atoms with van der Waals surface area (Å²) in [6.45, 7) is 6.12. The number of nitrogens with one attached hydrogen (secondary N) is 1. The number of thiophene rings is 1. The number of carbonyl (C=O) groups excluding carboxylic acids is 1. The van der Waals surface area contributed by atoms with Crippen molar-refractivity contribution in [3.05, 3.63) is 40.3 Å². The minimum atomic E-state index is -3.58. The molecule has 1 aliphatic carbocycles. The second-order valence-electron chi connectivity index (χ2n) is 9.20. The van der Waals surface area contributed by atoms with Gasteiger partial charge in [-0.05, 0) is 64.7 Å². The van der Waals surface area contributed by atoms with Crippen molar-refractivity contribution < 1.29 is 17.9 Å². The Morgan fingerprint density at radius 1 is 1.27 bits per heavy atom. The standard InChI is InChI=1S/C24H31N3O4S2/c1-24(2,3)13-12-19-15-21(22(32-19)23(28)31-5)26-17-8-10-18(11-9-17)27(4)33(29,30)20-7-6-14-25-16-20/h6-7,14-18,26H,8-11H2,1-5H3. The lowest BCUT2D eigenvalue weighted by atomic mass is 9.91. The van der Waals surface area contributed by atoms with Crippen LogP contribution < -0.4 is 5.32 Å². The molecule has 7 nitrogen and oxygen atoms in total. The quantitative estimate of drug-likeness (QED) is 0.479. The van der Waals surface area contributed by atoms with Crippen LogP contribution in [0, 0.1) is 17.3 Å². The monoisotopic (exact) mass is 489 g/mol. The number of esters is 1. The molecule has 9 heteroatoms. The SMILES string of the molecule is COC(=O)c1sc(C#CC(C)(C)C)cc1NC1CCC(N(C)S(=O)(=O)c2cccnc2)CC1. The second kappa shape index (κ2) is 10.2. The van der Waals surface area contributed by atoms with E-state index >= 15 is 0 Å². The Balaban J connectivity index is 1.68. The molecule has 0 aromatic carbocycles. The van der Waals surface area contributed by atoms with E-state index in [1.165, 1.54) is 28.9 Å². The topological polar surface area (TPSA) is 88.6 Å². The first kappa shape index (κ1) is 25.2. The largest absolute Gasteiger partial charge is 0.465 e. The van der Waals surface area contributed by atoms with Crippen LogP contribution in [-0.4, -0.2) is 49.9 Å². The van der Waals surface area contributed by atoms with Gasteiger partial charge in [-0.25, -0.2) is 13.2 Å². The summed E-state index contributed by atoms with van der Waals surface area (Å²) in [5.74, 6) is 5.97. The number of hydrogen-bond donors (Lipinski definition) is 1. The molecule has 1 N–H and O–H groups in total. The molecule has 3 rings (SSSR count). The Kier molecular flexibility index (Phi) is 7.83. The van der Waals surface area contributed by atoms with E-state index in [1.54, 1.807) is 25.4 Å². The predicted molar refractivity (Wildman–Crippen MR) is 131 cm³/mol. The number of pyridine rings is 1. The van der Waals surface area contributed by atoms with Crippen LogP contribution >= 0.6 is 11.3 Å². The zero-order valence-electron chi connectivity index (χ0n) is 19.7. The molecule has 0 unspecified atom stereocenters. The Morgan fingerprint density at radius 2 is 1.97 bits per heavy atom. The summed E-state index contributed by atoms with van der Waals surface area (Å²) in [5, 5.41) is 3.48. The van der Waals surface area contributed by atoms with Gasteiger partial charge >= 0.3 is 5.97 Å². The molecule has 178 valence electrons. The molecule has 1 saturated carbocycles. The van der Waals surface area contributed by atoms with Crippen LogP contribution in [0.3, 0.4) is 0 Å². The fourth-order valence-electron chi connectivity index (χ4n) is 3.72. The number of anilines is 1. The maximum atomic E-state index is 12.9. The van der Waals surface area contributed by atoms with Crippen molar-refractivity contribution in [1.82, 2.24) is 9.29 Å². The van der Waals surface area contributed by atoms with Gasteiger partial charge in [0.1, 0.15) is 9.77 Å². The van der Waals surface area contributed by atoms with E-state index in [9.17, 15) is 13.2 Å². The summed E-state index contributed by atoms with van der Waals surface area (Å²) >= 11 is 1.32. The van der Waals surface area contributed by atoms with E-state index < -0.39 is 10.0 Å². The van der Waals surface area contributed by atoms with Gasteiger partial charge in [0.15, 0.2) is 0 Å². The number of nitrogens with zero attached hydrogens (tertiary/aromatic N) is 2. The minimum Gasteiger partial charge on any atom is -0.465 e. The minimum absolute atomic E-state index is 0.0796. The number of sulfonamides is 1. The highest BCUT2D eigenvalue weighted by Gasteiger charge is 2.32. The van der Waals surface area contributed by atoms with Gasteiger partial charge < -0.3 is 10.1 Å². The van der Waals surface area contributed by atoms with Crippen LogP contribution in [-0.2, 0) is 14.8 Å². The molecule has 1 fully saturated rings. The first-order valence-corrected chi connectivity index (χ1v) is 13.2. The van der Waals surface area contributed by atoms with E-state index in [4.69, 9.17) is 4.74 Å². The lowest BCUT2D eigenvalue weighted by Crippen LogP contribution is -2.41. The average Bonchev–Trinajstić information content (AvgIpc) is 3.20. The van der Waals surface area contributed by atoms with Crippen molar-refractivity contribution in [2.75, 3.05) is 19.5 Å². The van der Waals surface area contributed by atoms with Gasteiger partial charge in [0.25, 0.3) is 0 Å². The third kappa shape index (κ3) is 6.34. The molecule has 2 aromatic rings. The van der Waals surface area contributed by atoms with E-state index in [0.29, 0.717) is 4.88 Å². The molecule has 0 saturated heterocycles. The highest BCUT2D eigenvalue weighted by molar-refractivity contribution is 7.89. The summed E-state index contributed by atoms with van der Waals surface area (Å²) < 4.78 is 32.2. The first-order valence-electron chi connectivity index (χ1n) is 10.9. The Hall–Kier alpha value is -2.41. The van der Waals surface area contributed by atoms with Gasteiger partial charge in [0.05, 0.1) is 17.7 Å². The number of aromatic nitrogens is 1. The maximum Gasteiger partial charge on any atom is 0.350 e. The van der Waals surface area contributed by atoms with Gasteiger partial charge in [-0.2, -0.15) is 4.31 Å². The van der Waals surface area contributed by atoms with Crippen LogP contribution in [0.2, 0.25) is 0 Å². The van der Waals surface area contributed by atoms with Gasteiger partial charge in [0.2, 0.25) is 10.0 Å². The van der Waals surface area contributed by atoms with Crippen LogP contribution in [0.25, 0.3) is 0 Å². The molecule has 1 aliphatic rings. The van der Waals surface area contributed by atoms with E-state index in [2.05, 4.69) is 22.1 Å². The number of rotatable bonds is 6. The van der Waals surface area contributed by atoms with Crippen molar-refractivity contribution in [2.24, 2.45) is 5.41 Å². The van der Waals surface area contributed by atoms with E-state index in [-0.39, 0.29) is 28.4 Å². The predicted octanol–water partition coefficient (Wildman–Crippen LogP) is 4.37. The van der Waals surface area contributed by atoms with Gasteiger partial charge in [-0.1, -0.05) is 11.8 Å². The lowest BCUT2D eigenvalue weighted by molar-refractivity contribution is 0.0607. The van der Waals surface area contributed by atoms with Gasteiger partial charge in [-0.3, -0.25) is 4.98 Å². The first-order chi connectivity index (χ1) is 15.5. The van der Waals surface area contributed by atoms with Gasteiger partial charge in [0, 0.05) is 36.9 Å². The summed E-state index contributed by atoms with van der Waals surface area (Å²) in [4.78, 5) is 17.8. The fraction of sp³-hybridized carbons (Fsp3) is 0.500. The molecule has 33 heavy (non-hydrogen) atoms. The number of carbonyl (C=O) groups is 1. The number of hydrogen-bond acceptors (Lipinski definition) is 7. The Morgan fingerprint density at radius 3 is 2.55 bits per heavy atom. The third-order valence-electron chi connectivity index (χ3n) is 5.55. The highest BCUT2D eigenvalue weighted by Crippen LogP contribution is 2.32.